The van der Waals surface area contributed by atoms with Gasteiger partial charge >= 0.3 is 0 Å². The summed E-state index contributed by atoms with van der Waals surface area (Å²) in [6.07, 6.45) is 2.41. The molecule has 0 bridgehead atoms. The second-order valence-electron chi connectivity index (χ2n) is 6.75. The minimum atomic E-state index is -0.270. The highest BCUT2D eigenvalue weighted by Crippen LogP contribution is 2.39. The maximum atomic E-state index is 12.7. The molecule has 1 saturated heterocycles. The molecule has 1 fully saturated rings. The number of amides is 2. The summed E-state index contributed by atoms with van der Waals surface area (Å²) in [5.41, 5.74) is 1.70. The minimum Gasteiger partial charge on any atom is -0.493 e. The lowest BCUT2D eigenvalue weighted by Crippen LogP contribution is -2.36. The number of carbonyl (C=O) groups excluding carboxylic acids is 2. The van der Waals surface area contributed by atoms with Gasteiger partial charge in [0.25, 0.3) is 11.1 Å². The van der Waals surface area contributed by atoms with E-state index in [9.17, 15) is 9.59 Å². The van der Waals surface area contributed by atoms with Crippen molar-refractivity contribution in [1.29, 1.82) is 0 Å². The van der Waals surface area contributed by atoms with Gasteiger partial charge in [-0.3, -0.25) is 14.5 Å². The summed E-state index contributed by atoms with van der Waals surface area (Å²) >= 11 is 10.4. The van der Waals surface area contributed by atoms with Crippen molar-refractivity contribution in [1.82, 2.24) is 4.90 Å². The second kappa shape index (κ2) is 9.90. The molecular formula is C22H21BrClNO4S. The first kappa shape index (κ1) is 22.7. The van der Waals surface area contributed by atoms with E-state index in [0.717, 1.165) is 27.4 Å². The van der Waals surface area contributed by atoms with Gasteiger partial charge < -0.3 is 9.47 Å². The van der Waals surface area contributed by atoms with E-state index in [1.165, 1.54) is 4.90 Å². The molecule has 0 radical (unpaired) electrons. The van der Waals surface area contributed by atoms with Crippen molar-refractivity contribution in [3.63, 3.8) is 0 Å². The zero-order chi connectivity index (χ0) is 21.8. The lowest BCUT2D eigenvalue weighted by molar-refractivity contribution is -0.124. The second-order valence-corrected chi connectivity index (χ2v) is 9.03. The lowest BCUT2D eigenvalue weighted by atomic mass is 10.1. The van der Waals surface area contributed by atoms with Crippen molar-refractivity contribution in [2.24, 2.45) is 0 Å². The third-order valence-electron chi connectivity index (χ3n) is 4.73. The van der Waals surface area contributed by atoms with Crippen LogP contribution in [0.4, 0.5) is 4.79 Å². The fourth-order valence-corrected chi connectivity index (χ4v) is 4.34. The molecule has 0 saturated carbocycles. The van der Waals surface area contributed by atoms with Gasteiger partial charge in [0, 0.05) is 15.5 Å². The molecule has 8 heteroatoms. The number of hydrogen-bond donors (Lipinski definition) is 0. The normalized spacial score (nSPS) is 16.3. The summed E-state index contributed by atoms with van der Waals surface area (Å²) in [6.45, 7) is 4.17. The molecule has 0 aliphatic carbocycles. The predicted molar refractivity (Wildman–Crippen MR) is 124 cm³/mol. The number of imide groups is 1. The molecular weight excluding hydrogens is 490 g/mol. The summed E-state index contributed by atoms with van der Waals surface area (Å²) in [4.78, 5) is 26.6. The topological polar surface area (TPSA) is 55.8 Å². The third-order valence-corrected chi connectivity index (χ3v) is 6.55. The average Bonchev–Trinajstić information content (AvgIpc) is 3.01. The summed E-state index contributed by atoms with van der Waals surface area (Å²) < 4.78 is 12.1. The van der Waals surface area contributed by atoms with E-state index in [1.807, 2.05) is 38.1 Å². The fraction of sp³-hybridized carbons (Fsp3) is 0.273. The molecule has 158 valence electrons. The standard InChI is InChI=1S/C22H21BrClNO4S/c1-4-13(2)25-21(26)20(30-22(25)27)10-15-9-18(28-3)19(11-17(15)23)29-12-14-5-7-16(24)8-6-14/h5-11,13H,4,12H2,1-3H3/b20-10+/t13-/m0/s1. The van der Waals surface area contributed by atoms with E-state index in [1.54, 1.807) is 25.3 Å². The summed E-state index contributed by atoms with van der Waals surface area (Å²) in [6, 6.07) is 10.8. The van der Waals surface area contributed by atoms with Crippen LogP contribution in [0, 0.1) is 0 Å². The zero-order valence-electron chi connectivity index (χ0n) is 16.8. The summed E-state index contributed by atoms with van der Waals surface area (Å²) in [5.74, 6) is 0.817. The van der Waals surface area contributed by atoms with Crippen LogP contribution in [-0.2, 0) is 11.4 Å². The Labute approximate surface area is 193 Å². The van der Waals surface area contributed by atoms with Gasteiger partial charge in [0.15, 0.2) is 11.5 Å². The highest BCUT2D eigenvalue weighted by molar-refractivity contribution is 9.10. The van der Waals surface area contributed by atoms with Crippen molar-refractivity contribution in [3.05, 3.63) is 61.9 Å². The van der Waals surface area contributed by atoms with Crippen LogP contribution in [0.3, 0.4) is 0 Å². The molecule has 0 spiro atoms. The van der Waals surface area contributed by atoms with Gasteiger partial charge in [-0.1, -0.05) is 46.6 Å². The Morgan fingerprint density at radius 2 is 1.90 bits per heavy atom. The van der Waals surface area contributed by atoms with Crippen LogP contribution in [0.25, 0.3) is 6.08 Å². The van der Waals surface area contributed by atoms with Crippen LogP contribution in [0.15, 0.2) is 45.8 Å². The number of halogens is 2. The van der Waals surface area contributed by atoms with Crippen LogP contribution in [0.5, 0.6) is 11.5 Å². The van der Waals surface area contributed by atoms with Gasteiger partial charge in [0.05, 0.1) is 12.0 Å². The number of thioether (sulfide) groups is 1. The Bertz CT molecular complexity index is 993. The first-order chi connectivity index (χ1) is 14.3. The van der Waals surface area contributed by atoms with E-state index >= 15 is 0 Å². The van der Waals surface area contributed by atoms with E-state index in [2.05, 4.69) is 15.9 Å². The molecule has 1 atom stereocenters. The molecule has 0 unspecified atom stereocenters. The molecule has 1 aliphatic heterocycles. The van der Waals surface area contributed by atoms with Crippen LogP contribution < -0.4 is 9.47 Å². The van der Waals surface area contributed by atoms with Crippen molar-refractivity contribution < 1.29 is 19.1 Å². The quantitative estimate of drug-likeness (QED) is 0.397. The van der Waals surface area contributed by atoms with Crippen molar-refractivity contribution in [2.75, 3.05) is 7.11 Å². The van der Waals surface area contributed by atoms with Crippen molar-refractivity contribution in [2.45, 2.75) is 32.9 Å². The van der Waals surface area contributed by atoms with Gasteiger partial charge in [-0.2, -0.15) is 0 Å². The largest absolute Gasteiger partial charge is 0.493 e. The number of nitrogens with zero attached hydrogens (tertiary/aromatic N) is 1. The Kier molecular flexibility index (Phi) is 7.50. The van der Waals surface area contributed by atoms with E-state index < -0.39 is 0 Å². The Hall–Kier alpha value is -1.96. The fourth-order valence-electron chi connectivity index (χ4n) is 2.86. The predicted octanol–water partition coefficient (Wildman–Crippen LogP) is 6.52. The molecule has 30 heavy (non-hydrogen) atoms. The van der Waals surface area contributed by atoms with E-state index in [-0.39, 0.29) is 17.2 Å². The van der Waals surface area contributed by atoms with Crippen LogP contribution in [-0.4, -0.2) is 29.2 Å². The van der Waals surface area contributed by atoms with Gasteiger partial charge in [0.1, 0.15) is 6.61 Å². The molecule has 2 amide bonds. The number of hydrogen-bond acceptors (Lipinski definition) is 5. The Morgan fingerprint density at radius 3 is 2.53 bits per heavy atom. The lowest BCUT2D eigenvalue weighted by Gasteiger charge is -2.19. The number of ether oxygens (including phenoxy) is 2. The first-order valence-corrected chi connectivity index (χ1v) is 11.3. The van der Waals surface area contributed by atoms with Gasteiger partial charge in [-0.05, 0) is 66.6 Å². The zero-order valence-corrected chi connectivity index (χ0v) is 19.9. The number of benzene rings is 2. The SMILES string of the molecule is CC[C@H](C)N1C(=O)S/C(=C/c2cc(OC)c(OCc3ccc(Cl)cc3)cc2Br)C1=O. The van der Waals surface area contributed by atoms with Gasteiger partial charge in [-0.15, -0.1) is 0 Å². The van der Waals surface area contributed by atoms with Crippen LogP contribution >= 0.6 is 39.3 Å². The van der Waals surface area contributed by atoms with Crippen LogP contribution in [0.2, 0.25) is 5.02 Å². The maximum absolute atomic E-state index is 12.7. The van der Waals surface area contributed by atoms with Crippen LogP contribution in [0.1, 0.15) is 31.4 Å². The molecule has 0 N–H and O–H groups in total. The smallest absolute Gasteiger partial charge is 0.293 e. The molecule has 1 heterocycles. The third kappa shape index (κ3) is 5.02. The highest BCUT2D eigenvalue weighted by atomic mass is 79.9. The Morgan fingerprint density at radius 1 is 1.20 bits per heavy atom. The monoisotopic (exact) mass is 509 g/mol. The molecule has 2 aromatic carbocycles. The van der Waals surface area contributed by atoms with Gasteiger partial charge in [0.2, 0.25) is 0 Å². The molecule has 3 rings (SSSR count). The number of methoxy groups -OCH3 is 1. The summed E-state index contributed by atoms with van der Waals surface area (Å²) in [5, 5.41) is 0.424. The molecule has 1 aliphatic rings. The highest BCUT2D eigenvalue weighted by Gasteiger charge is 2.37. The molecule has 5 nitrogen and oxygen atoms in total. The minimum absolute atomic E-state index is 0.134. The van der Waals surface area contributed by atoms with Gasteiger partial charge in [-0.25, -0.2) is 0 Å². The van der Waals surface area contributed by atoms with E-state index in [0.29, 0.717) is 34.5 Å². The van der Waals surface area contributed by atoms with E-state index in [4.69, 9.17) is 21.1 Å². The Balaban J connectivity index is 1.83. The molecule has 2 aromatic rings. The molecule has 0 aromatic heterocycles. The number of rotatable bonds is 7. The average molecular weight is 511 g/mol. The maximum Gasteiger partial charge on any atom is 0.293 e. The summed E-state index contributed by atoms with van der Waals surface area (Å²) in [7, 11) is 1.55. The van der Waals surface area contributed by atoms with Crippen molar-refractivity contribution >= 4 is 56.5 Å². The van der Waals surface area contributed by atoms with Crippen molar-refractivity contribution in [3.8, 4) is 11.5 Å². The number of carbonyl (C=O) groups is 2. The first-order valence-electron chi connectivity index (χ1n) is 9.35.